The van der Waals surface area contributed by atoms with E-state index in [0.29, 0.717) is 5.84 Å². The third-order valence-electron chi connectivity index (χ3n) is 2.77. The van der Waals surface area contributed by atoms with Crippen LogP contribution in [-0.4, -0.2) is 33.2 Å². The summed E-state index contributed by atoms with van der Waals surface area (Å²) in [4.78, 5) is 1.85. The average molecular weight is 367 g/mol. The molecule has 2 aromatic carbocycles. The first kappa shape index (κ1) is 15.7. The molecule has 0 aliphatic heterocycles. The van der Waals surface area contributed by atoms with Crippen molar-refractivity contribution in [1.82, 2.24) is 4.90 Å². The lowest BCUT2D eigenvalue weighted by Gasteiger charge is -2.15. The van der Waals surface area contributed by atoms with Gasteiger partial charge in [0.15, 0.2) is 0 Å². The van der Waals surface area contributed by atoms with Crippen molar-refractivity contribution in [2.75, 3.05) is 14.1 Å². The minimum absolute atomic E-state index is 0.168. The molecular weight excluding hydrogens is 352 g/mol. The smallest absolute Gasteiger partial charge is 0.284 e. The first-order chi connectivity index (χ1) is 9.90. The van der Waals surface area contributed by atoms with Crippen LogP contribution in [0.4, 0.5) is 0 Å². The van der Waals surface area contributed by atoms with E-state index in [9.17, 15) is 8.42 Å². The highest BCUT2D eigenvalue weighted by Crippen LogP contribution is 2.18. The Morgan fingerprint density at radius 2 is 1.57 bits per heavy atom. The number of benzene rings is 2. The van der Waals surface area contributed by atoms with Gasteiger partial charge in [-0.15, -0.1) is 4.40 Å². The molecule has 0 bridgehead atoms. The van der Waals surface area contributed by atoms with Crippen molar-refractivity contribution in [2.45, 2.75) is 4.90 Å². The van der Waals surface area contributed by atoms with Crippen LogP contribution in [-0.2, 0) is 10.0 Å². The number of sulfonamides is 1. The summed E-state index contributed by atoms with van der Waals surface area (Å²) in [6, 6.07) is 15.6. The lowest BCUT2D eigenvalue weighted by atomic mass is 10.2. The molecule has 0 unspecified atom stereocenters. The number of hydrogen-bond acceptors (Lipinski definition) is 2. The van der Waals surface area contributed by atoms with Crippen molar-refractivity contribution in [1.29, 1.82) is 0 Å². The van der Waals surface area contributed by atoms with E-state index in [1.165, 1.54) is 12.1 Å². The Morgan fingerprint density at radius 1 is 1.00 bits per heavy atom. The van der Waals surface area contributed by atoms with E-state index in [1.54, 1.807) is 31.1 Å². The molecule has 0 spiro atoms. The number of amidine groups is 1. The maximum atomic E-state index is 12.4. The van der Waals surface area contributed by atoms with Gasteiger partial charge in [0.2, 0.25) is 0 Å². The predicted octanol–water partition coefficient (Wildman–Crippen LogP) is 3.15. The van der Waals surface area contributed by atoms with Crippen LogP contribution in [0.3, 0.4) is 0 Å². The Hall–Kier alpha value is -1.66. The molecule has 0 heterocycles. The largest absolute Gasteiger partial charge is 0.362 e. The van der Waals surface area contributed by atoms with Crippen LogP contribution in [0.2, 0.25) is 0 Å². The second-order valence-corrected chi connectivity index (χ2v) is 7.12. The van der Waals surface area contributed by atoms with Crippen molar-refractivity contribution in [2.24, 2.45) is 4.40 Å². The van der Waals surface area contributed by atoms with E-state index in [2.05, 4.69) is 20.3 Å². The van der Waals surface area contributed by atoms with Gasteiger partial charge in [0.25, 0.3) is 10.0 Å². The highest BCUT2D eigenvalue weighted by Gasteiger charge is 2.16. The van der Waals surface area contributed by atoms with E-state index >= 15 is 0 Å². The van der Waals surface area contributed by atoms with Crippen LogP contribution < -0.4 is 0 Å². The standard InChI is InChI=1S/C15H15BrN2O2S/c1-18(2)15(12-6-4-3-5-7-12)17-21(19,20)14-10-8-13(16)9-11-14/h3-11H,1-2H3/b17-15-. The van der Waals surface area contributed by atoms with E-state index in [0.717, 1.165) is 10.0 Å². The average Bonchev–Trinajstić information content (AvgIpc) is 2.46. The fourth-order valence-corrected chi connectivity index (χ4v) is 3.10. The SMILES string of the molecule is CN(C)/C(=N\S(=O)(=O)c1ccc(Br)cc1)c1ccccc1. The summed E-state index contributed by atoms with van der Waals surface area (Å²) < 4.78 is 29.6. The Kier molecular flexibility index (Phi) is 4.80. The second kappa shape index (κ2) is 6.41. The van der Waals surface area contributed by atoms with Gasteiger partial charge < -0.3 is 4.90 Å². The Morgan fingerprint density at radius 3 is 2.10 bits per heavy atom. The molecule has 0 aliphatic carbocycles. The van der Waals surface area contributed by atoms with Crippen LogP contribution in [0, 0.1) is 0 Å². The van der Waals surface area contributed by atoms with E-state index in [4.69, 9.17) is 0 Å². The number of halogens is 1. The molecule has 6 heteroatoms. The third kappa shape index (κ3) is 3.92. The zero-order valence-electron chi connectivity index (χ0n) is 11.7. The molecule has 4 nitrogen and oxygen atoms in total. The summed E-state index contributed by atoms with van der Waals surface area (Å²) in [5, 5.41) is 0. The van der Waals surface area contributed by atoms with Gasteiger partial charge in [-0.2, -0.15) is 8.42 Å². The quantitative estimate of drug-likeness (QED) is 0.619. The molecule has 0 radical (unpaired) electrons. The van der Waals surface area contributed by atoms with Gasteiger partial charge in [-0.3, -0.25) is 0 Å². The van der Waals surface area contributed by atoms with E-state index < -0.39 is 10.0 Å². The Labute approximate surface area is 133 Å². The van der Waals surface area contributed by atoms with Crippen LogP contribution in [0.5, 0.6) is 0 Å². The normalized spacial score (nSPS) is 12.2. The molecule has 0 saturated carbocycles. The first-order valence-corrected chi connectivity index (χ1v) is 8.47. The fraction of sp³-hybridized carbons (Fsp3) is 0.133. The third-order valence-corrected chi connectivity index (χ3v) is 4.58. The summed E-state index contributed by atoms with van der Waals surface area (Å²) in [5.41, 5.74) is 0.753. The summed E-state index contributed by atoms with van der Waals surface area (Å²) >= 11 is 3.28. The number of rotatable bonds is 3. The summed E-state index contributed by atoms with van der Waals surface area (Å²) in [7, 11) is -0.210. The number of nitrogens with zero attached hydrogens (tertiary/aromatic N) is 2. The number of hydrogen-bond donors (Lipinski definition) is 0. The molecule has 0 aromatic heterocycles. The predicted molar refractivity (Wildman–Crippen MR) is 88.0 cm³/mol. The zero-order chi connectivity index (χ0) is 15.5. The molecule has 0 N–H and O–H groups in total. The molecule has 21 heavy (non-hydrogen) atoms. The van der Waals surface area contributed by atoms with Crippen molar-refractivity contribution in [3.8, 4) is 0 Å². The van der Waals surface area contributed by atoms with Gasteiger partial charge in [-0.05, 0) is 24.3 Å². The minimum atomic E-state index is -3.74. The molecule has 0 atom stereocenters. The zero-order valence-corrected chi connectivity index (χ0v) is 14.1. The summed E-state index contributed by atoms with van der Waals surface area (Å²) in [6.45, 7) is 0. The molecule has 0 amide bonds. The van der Waals surface area contributed by atoms with Gasteiger partial charge in [0.05, 0.1) is 4.90 Å². The van der Waals surface area contributed by atoms with Gasteiger partial charge in [0.1, 0.15) is 5.84 Å². The fourth-order valence-electron chi connectivity index (χ4n) is 1.75. The maximum absolute atomic E-state index is 12.4. The molecule has 2 aromatic rings. The molecular formula is C15H15BrN2O2S. The van der Waals surface area contributed by atoms with Crippen molar-refractivity contribution < 1.29 is 8.42 Å². The van der Waals surface area contributed by atoms with Crippen molar-refractivity contribution >= 4 is 31.8 Å². The highest BCUT2D eigenvalue weighted by molar-refractivity contribution is 9.10. The molecule has 110 valence electrons. The van der Waals surface area contributed by atoms with Gasteiger partial charge in [-0.1, -0.05) is 46.3 Å². The Balaban J connectivity index is 2.49. The highest BCUT2D eigenvalue weighted by atomic mass is 79.9. The monoisotopic (exact) mass is 366 g/mol. The first-order valence-electron chi connectivity index (χ1n) is 6.23. The summed E-state index contributed by atoms with van der Waals surface area (Å²) in [6.07, 6.45) is 0. The van der Waals surface area contributed by atoms with E-state index in [-0.39, 0.29) is 4.90 Å². The van der Waals surface area contributed by atoms with E-state index in [1.807, 2.05) is 30.3 Å². The molecule has 0 aliphatic rings. The lowest BCUT2D eigenvalue weighted by Crippen LogP contribution is -2.24. The topological polar surface area (TPSA) is 49.7 Å². The van der Waals surface area contributed by atoms with Gasteiger partial charge in [-0.25, -0.2) is 0 Å². The van der Waals surface area contributed by atoms with Crippen LogP contribution in [0.1, 0.15) is 5.56 Å². The lowest BCUT2D eigenvalue weighted by molar-refractivity contribution is 0.592. The maximum Gasteiger partial charge on any atom is 0.284 e. The van der Waals surface area contributed by atoms with Crippen LogP contribution in [0.25, 0.3) is 0 Å². The molecule has 2 rings (SSSR count). The second-order valence-electron chi connectivity index (χ2n) is 4.60. The van der Waals surface area contributed by atoms with Gasteiger partial charge in [0, 0.05) is 24.1 Å². The Bertz CT molecular complexity index is 739. The molecule has 0 saturated heterocycles. The van der Waals surface area contributed by atoms with Crippen LogP contribution >= 0.6 is 15.9 Å². The van der Waals surface area contributed by atoms with Crippen LogP contribution in [0.15, 0.2) is 68.4 Å². The van der Waals surface area contributed by atoms with Crippen molar-refractivity contribution in [3.05, 3.63) is 64.6 Å². The van der Waals surface area contributed by atoms with Gasteiger partial charge >= 0.3 is 0 Å². The summed E-state index contributed by atoms with van der Waals surface area (Å²) in [5.74, 6) is 0.401. The minimum Gasteiger partial charge on any atom is -0.362 e. The van der Waals surface area contributed by atoms with Crippen molar-refractivity contribution in [3.63, 3.8) is 0 Å². The molecule has 0 fully saturated rings.